The van der Waals surface area contributed by atoms with Gasteiger partial charge in [0.2, 0.25) is 5.91 Å². The lowest BCUT2D eigenvalue weighted by atomic mass is 10.4. The maximum absolute atomic E-state index is 11.1. The van der Waals surface area contributed by atoms with Crippen LogP contribution in [0.3, 0.4) is 0 Å². The molecule has 2 N–H and O–H groups in total. The van der Waals surface area contributed by atoms with Crippen LogP contribution >= 0.6 is 11.3 Å². The fraction of sp³-hybridized carbons (Fsp3) is 0.364. The van der Waals surface area contributed by atoms with E-state index in [0.717, 1.165) is 6.54 Å². The smallest absolute Gasteiger partial charge is 0.222 e. The van der Waals surface area contributed by atoms with Crippen LogP contribution in [0.1, 0.15) is 11.3 Å². The standard InChI is InChI=1S/C11H14N2OS/c1-2-6-13-11(14)5-7-12-9-10-4-3-8-15-10/h1,3-4,8,12H,5-7,9H2,(H,13,14). The third-order valence-electron chi connectivity index (χ3n) is 1.80. The molecule has 0 radical (unpaired) electrons. The molecule has 0 saturated heterocycles. The van der Waals surface area contributed by atoms with Crippen LogP contribution < -0.4 is 10.6 Å². The van der Waals surface area contributed by atoms with Crippen LogP contribution in [0.15, 0.2) is 17.5 Å². The molecule has 0 atom stereocenters. The molecule has 0 aliphatic heterocycles. The number of nitrogens with one attached hydrogen (secondary N) is 2. The van der Waals surface area contributed by atoms with Crippen molar-refractivity contribution >= 4 is 17.2 Å². The summed E-state index contributed by atoms with van der Waals surface area (Å²) in [5.74, 6) is 2.35. The molecule has 0 saturated carbocycles. The van der Waals surface area contributed by atoms with Gasteiger partial charge in [-0.15, -0.1) is 17.8 Å². The fourth-order valence-corrected chi connectivity index (χ4v) is 1.74. The summed E-state index contributed by atoms with van der Waals surface area (Å²) in [4.78, 5) is 12.4. The molecular weight excluding hydrogens is 208 g/mol. The molecule has 0 unspecified atom stereocenters. The number of amides is 1. The Balaban J connectivity index is 2.02. The molecule has 0 bridgehead atoms. The first-order valence-electron chi connectivity index (χ1n) is 4.76. The topological polar surface area (TPSA) is 41.1 Å². The molecule has 1 aromatic rings. The van der Waals surface area contributed by atoms with Crippen molar-refractivity contribution in [3.63, 3.8) is 0 Å². The van der Waals surface area contributed by atoms with Crippen LogP contribution in [0.5, 0.6) is 0 Å². The number of carbonyl (C=O) groups excluding carboxylic acids is 1. The molecule has 0 aromatic carbocycles. The second kappa shape index (κ2) is 7.04. The predicted molar refractivity (Wildman–Crippen MR) is 62.5 cm³/mol. The SMILES string of the molecule is C#CCNC(=O)CCNCc1cccs1. The average molecular weight is 222 g/mol. The lowest BCUT2D eigenvalue weighted by Crippen LogP contribution is -2.27. The van der Waals surface area contributed by atoms with Crippen molar-refractivity contribution in [1.82, 2.24) is 10.6 Å². The van der Waals surface area contributed by atoms with Crippen LogP contribution in [0, 0.1) is 12.3 Å². The second-order valence-electron chi connectivity index (χ2n) is 2.99. The van der Waals surface area contributed by atoms with E-state index < -0.39 is 0 Å². The molecule has 1 heterocycles. The van der Waals surface area contributed by atoms with Crippen molar-refractivity contribution in [2.75, 3.05) is 13.1 Å². The number of hydrogen-bond donors (Lipinski definition) is 2. The van der Waals surface area contributed by atoms with E-state index in [-0.39, 0.29) is 5.91 Å². The Hall–Kier alpha value is -1.31. The zero-order valence-electron chi connectivity index (χ0n) is 8.45. The number of thiophene rings is 1. The van der Waals surface area contributed by atoms with Crippen molar-refractivity contribution in [2.45, 2.75) is 13.0 Å². The van der Waals surface area contributed by atoms with Gasteiger partial charge >= 0.3 is 0 Å². The summed E-state index contributed by atoms with van der Waals surface area (Å²) in [6.07, 6.45) is 5.48. The minimum atomic E-state index is -0.00775. The summed E-state index contributed by atoms with van der Waals surface area (Å²) in [6.45, 7) is 1.80. The quantitative estimate of drug-likeness (QED) is 0.556. The van der Waals surface area contributed by atoms with Crippen molar-refractivity contribution in [1.29, 1.82) is 0 Å². The van der Waals surface area contributed by atoms with Crippen LogP contribution in [0.25, 0.3) is 0 Å². The Morgan fingerprint density at radius 1 is 1.60 bits per heavy atom. The molecular formula is C11H14N2OS. The van der Waals surface area contributed by atoms with E-state index >= 15 is 0 Å². The Kier molecular flexibility index (Phi) is 5.52. The number of rotatable bonds is 6. The Morgan fingerprint density at radius 2 is 2.47 bits per heavy atom. The van der Waals surface area contributed by atoms with Gasteiger partial charge in [0.1, 0.15) is 0 Å². The van der Waals surface area contributed by atoms with Gasteiger partial charge in [-0.25, -0.2) is 0 Å². The summed E-state index contributed by atoms with van der Waals surface area (Å²) < 4.78 is 0. The molecule has 0 aliphatic rings. The molecule has 1 amide bonds. The van der Waals surface area contributed by atoms with Crippen molar-refractivity contribution < 1.29 is 4.79 Å². The highest BCUT2D eigenvalue weighted by Crippen LogP contribution is 2.06. The van der Waals surface area contributed by atoms with Crippen molar-refractivity contribution in [2.24, 2.45) is 0 Å². The highest BCUT2D eigenvalue weighted by molar-refractivity contribution is 7.09. The lowest BCUT2D eigenvalue weighted by Gasteiger charge is -2.03. The van der Waals surface area contributed by atoms with Gasteiger partial charge in [0.05, 0.1) is 6.54 Å². The van der Waals surface area contributed by atoms with E-state index in [2.05, 4.69) is 22.6 Å². The first-order chi connectivity index (χ1) is 7.33. The third-order valence-corrected chi connectivity index (χ3v) is 2.67. The summed E-state index contributed by atoms with van der Waals surface area (Å²) >= 11 is 1.71. The zero-order chi connectivity index (χ0) is 10.9. The zero-order valence-corrected chi connectivity index (χ0v) is 9.27. The largest absolute Gasteiger partial charge is 0.345 e. The van der Waals surface area contributed by atoms with Crippen molar-refractivity contribution in [3.05, 3.63) is 22.4 Å². The maximum atomic E-state index is 11.1. The Bertz CT molecular complexity index is 327. The molecule has 0 spiro atoms. The van der Waals surface area contributed by atoms with Crippen LogP contribution in [-0.2, 0) is 11.3 Å². The monoisotopic (exact) mass is 222 g/mol. The lowest BCUT2D eigenvalue weighted by molar-refractivity contribution is -0.120. The number of hydrogen-bond acceptors (Lipinski definition) is 3. The van der Waals surface area contributed by atoms with Gasteiger partial charge in [-0.3, -0.25) is 4.79 Å². The van der Waals surface area contributed by atoms with Gasteiger partial charge in [-0.2, -0.15) is 0 Å². The molecule has 0 fully saturated rings. The predicted octanol–water partition coefficient (Wildman–Crippen LogP) is 0.977. The summed E-state index contributed by atoms with van der Waals surface area (Å²) in [6, 6.07) is 4.08. The van der Waals surface area contributed by atoms with Gasteiger partial charge in [-0.05, 0) is 11.4 Å². The minimum Gasteiger partial charge on any atom is -0.345 e. The van der Waals surface area contributed by atoms with Crippen LogP contribution in [-0.4, -0.2) is 19.0 Å². The third kappa shape index (κ3) is 5.21. The summed E-state index contributed by atoms with van der Waals surface area (Å²) in [7, 11) is 0. The number of terminal acetylenes is 1. The van der Waals surface area contributed by atoms with Gasteiger partial charge in [0.25, 0.3) is 0 Å². The van der Waals surface area contributed by atoms with E-state index in [1.54, 1.807) is 11.3 Å². The Labute approximate surface area is 93.9 Å². The first kappa shape index (κ1) is 11.8. The Morgan fingerprint density at radius 3 is 3.13 bits per heavy atom. The highest BCUT2D eigenvalue weighted by Gasteiger charge is 1.98. The molecule has 1 aromatic heterocycles. The molecule has 3 nitrogen and oxygen atoms in total. The fourth-order valence-electron chi connectivity index (χ4n) is 1.06. The normalized spacial score (nSPS) is 9.53. The molecule has 80 valence electrons. The molecule has 4 heteroatoms. The van der Waals surface area contributed by atoms with Gasteiger partial charge < -0.3 is 10.6 Å². The highest BCUT2D eigenvalue weighted by atomic mass is 32.1. The van der Waals surface area contributed by atoms with E-state index in [4.69, 9.17) is 6.42 Å². The molecule has 0 aliphatic carbocycles. The van der Waals surface area contributed by atoms with Crippen LogP contribution in [0.4, 0.5) is 0 Å². The van der Waals surface area contributed by atoms with E-state index in [1.807, 2.05) is 11.4 Å². The van der Waals surface area contributed by atoms with Gasteiger partial charge in [0, 0.05) is 24.4 Å². The summed E-state index contributed by atoms with van der Waals surface area (Å²) in [5, 5.41) is 7.84. The van der Waals surface area contributed by atoms with E-state index in [9.17, 15) is 4.79 Å². The second-order valence-corrected chi connectivity index (χ2v) is 4.02. The minimum absolute atomic E-state index is 0.00775. The van der Waals surface area contributed by atoms with Crippen LogP contribution in [0.2, 0.25) is 0 Å². The average Bonchev–Trinajstić information content (AvgIpc) is 2.74. The maximum Gasteiger partial charge on any atom is 0.222 e. The van der Waals surface area contributed by atoms with E-state index in [1.165, 1.54) is 4.88 Å². The van der Waals surface area contributed by atoms with E-state index in [0.29, 0.717) is 19.5 Å². The first-order valence-corrected chi connectivity index (χ1v) is 5.64. The number of carbonyl (C=O) groups is 1. The van der Waals surface area contributed by atoms with Crippen molar-refractivity contribution in [3.8, 4) is 12.3 Å². The summed E-state index contributed by atoms with van der Waals surface area (Å²) in [5.41, 5.74) is 0. The van der Waals surface area contributed by atoms with Gasteiger partial charge in [0.15, 0.2) is 0 Å². The molecule has 1 rings (SSSR count). The van der Waals surface area contributed by atoms with Gasteiger partial charge in [-0.1, -0.05) is 12.0 Å². The molecule has 15 heavy (non-hydrogen) atoms.